The highest BCUT2D eigenvalue weighted by molar-refractivity contribution is 6.22. The molecule has 1 rings (SSSR count). The van der Waals surface area contributed by atoms with E-state index >= 15 is 0 Å². The summed E-state index contributed by atoms with van der Waals surface area (Å²) in [6, 6.07) is 7.31. The summed E-state index contributed by atoms with van der Waals surface area (Å²) in [6.45, 7) is 3.58. The van der Waals surface area contributed by atoms with Gasteiger partial charge in [0.2, 0.25) is 0 Å². The summed E-state index contributed by atoms with van der Waals surface area (Å²) < 4.78 is 10.4. The summed E-state index contributed by atoms with van der Waals surface area (Å²) in [6.07, 6.45) is 0. The van der Waals surface area contributed by atoms with E-state index in [-0.39, 0.29) is 0 Å². The first-order valence-corrected chi connectivity index (χ1v) is 4.41. The van der Waals surface area contributed by atoms with Crippen molar-refractivity contribution in [1.29, 1.82) is 0 Å². The lowest BCUT2D eigenvalue weighted by molar-refractivity contribution is 0.199. The van der Waals surface area contributed by atoms with Gasteiger partial charge in [-0.1, -0.05) is 11.6 Å². The first-order valence-electron chi connectivity index (χ1n) is 4.03. The fourth-order valence-corrected chi connectivity index (χ4v) is 1.01. The molecule has 3 heteroatoms. The maximum atomic E-state index is 5.89. The van der Waals surface area contributed by atoms with E-state index in [1.165, 1.54) is 0 Å². The second-order valence-corrected chi connectivity index (χ2v) is 4.05. The highest BCUT2D eigenvalue weighted by Crippen LogP contribution is 2.23. The normalized spacial score (nSPS) is 11.1. The van der Waals surface area contributed by atoms with Gasteiger partial charge in [-0.3, -0.25) is 0 Å². The van der Waals surface area contributed by atoms with Crippen LogP contribution in [0.2, 0.25) is 0 Å². The van der Waals surface area contributed by atoms with Crippen LogP contribution in [0.15, 0.2) is 24.3 Å². The molecule has 0 aromatic heterocycles. The van der Waals surface area contributed by atoms with Gasteiger partial charge < -0.3 is 9.47 Å². The Kier molecular flexibility index (Phi) is 3.04. The fraction of sp³-hybridized carbons (Fsp3) is 0.400. The van der Waals surface area contributed by atoms with Gasteiger partial charge in [0.1, 0.15) is 11.5 Å². The Balaban J connectivity index is 2.70. The first kappa shape index (κ1) is 10.2. The van der Waals surface area contributed by atoms with Crippen molar-refractivity contribution in [2.45, 2.75) is 18.9 Å². The molecule has 13 heavy (non-hydrogen) atoms. The molecule has 0 atom stereocenters. The van der Waals surface area contributed by atoms with Crippen molar-refractivity contribution < 1.29 is 9.47 Å². The van der Waals surface area contributed by atoms with Crippen LogP contribution in [-0.2, 0) is 0 Å². The number of benzene rings is 1. The van der Waals surface area contributed by atoms with E-state index in [1.54, 1.807) is 21.0 Å². The summed E-state index contributed by atoms with van der Waals surface area (Å²) >= 11 is 5.89. The van der Waals surface area contributed by atoms with E-state index in [2.05, 4.69) is 0 Å². The molecule has 0 bridgehead atoms. The van der Waals surface area contributed by atoms with E-state index in [1.807, 2.05) is 24.3 Å². The van der Waals surface area contributed by atoms with Gasteiger partial charge in [0.25, 0.3) is 0 Å². The molecule has 0 fully saturated rings. The van der Waals surface area contributed by atoms with Crippen molar-refractivity contribution >= 4 is 11.6 Å². The Bertz CT molecular complexity index is 261. The standard InChI is InChI=1S/C10H13ClO2/c1-10(2,11)13-9-6-4-8(12-3)5-7-9/h4-7H,1-3H3. The number of hydrogen-bond acceptors (Lipinski definition) is 2. The Morgan fingerprint density at radius 1 is 1.08 bits per heavy atom. The van der Waals surface area contributed by atoms with Crippen LogP contribution in [0.1, 0.15) is 13.8 Å². The number of methoxy groups -OCH3 is 1. The van der Waals surface area contributed by atoms with Crippen molar-refractivity contribution in [2.24, 2.45) is 0 Å². The molecule has 0 aliphatic carbocycles. The van der Waals surface area contributed by atoms with E-state index in [0.717, 1.165) is 11.5 Å². The molecule has 0 spiro atoms. The molecule has 1 aromatic carbocycles. The third-order valence-electron chi connectivity index (χ3n) is 1.42. The third kappa shape index (κ3) is 3.55. The maximum Gasteiger partial charge on any atom is 0.176 e. The fourth-order valence-electron chi connectivity index (χ4n) is 0.924. The number of hydrogen-bond donors (Lipinski definition) is 0. The van der Waals surface area contributed by atoms with Crippen molar-refractivity contribution in [1.82, 2.24) is 0 Å². The van der Waals surface area contributed by atoms with Crippen LogP contribution in [0.3, 0.4) is 0 Å². The molecule has 0 aliphatic heterocycles. The summed E-state index contributed by atoms with van der Waals surface area (Å²) in [5.74, 6) is 1.54. The lowest BCUT2D eigenvalue weighted by Crippen LogP contribution is -2.19. The molecule has 0 saturated carbocycles. The van der Waals surface area contributed by atoms with Gasteiger partial charge >= 0.3 is 0 Å². The summed E-state index contributed by atoms with van der Waals surface area (Å²) in [5, 5.41) is -0.672. The van der Waals surface area contributed by atoms with Gasteiger partial charge in [-0.25, -0.2) is 0 Å². The second kappa shape index (κ2) is 3.88. The van der Waals surface area contributed by atoms with E-state index in [9.17, 15) is 0 Å². The Morgan fingerprint density at radius 2 is 1.54 bits per heavy atom. The molecule has 0 amide bonds. The highest BCUT2D eigenvalue weighted by atomic mass is 35.5. The van der Waals surface area contributed by atoms with Crippen LogP contribution < -0.4 is 9.47 Å². The molecule has 0 radical (unpaired) electrons. The van der Waals surface area contributed by atoms with E-state index in [0.29, 0.717) is 0 Å². The minimum Gasteiger partial charge on any atom is -0.497 e. The summed E-state index contributed by atoms with van der Waals surface area (Å²) in [5.41, 5.74) is 0. The van der Waals surface area contributed by atoms with Crippen molar-refractivity contribution in [3.63, 3.8) is 0 Å². The predicted molar refractivity (Wildman–Crippen MR) is 53.6 cm³/mol. The van der Waals surface area contributed by atoms with Crippen molar-refractivity contribution in [3.05, 3.63) is 24.3 Å². The van der Waals surface area contributed by atoms with Crippen LogP contribution >= 0.6 is 11.6 Å². The quantitative estimate of drug-likeness (QED) is 0.699. The molecule has 1 aromatic rings. The lowest BCUT2D eigenvalue weighted by atomic mass is 10.3. The van der Waals surface area contributed by atoms with Gasteiger partial charge in [0, 0.05) is 0 Å². The van der Waals surface area contributed by atoms with Crippen LogP contribution in [0.25, 0.3) is 0 Å². The van der Waals surface area contributed by atoms with Crippen molar-refractivity contribution in [2.75, 3.05) is 7.11 Å². The van der Waals surface area contributed by atoms with Crippen LogP contribution in [0.4, 0.5) is 0 Å². The van der Waals surface area contributed by atoms with Crippen LogP contribution in [0.5, 0.6) is 11.5 Å². The largest absolute Gasteiger partial charge is 0.497 e. The zero-order chi connectivity index (χ0) is 9.90. The Labute approximate surface area is 83.4 Å². The van der Waals surface area contributed by atoms with Gasteiger partial charge in [-0.15, -0.1) is 0 Å². The SMILES string of the molecule is COc1ccc(OC(C)(C)Cl)cc1. The van der Waals surface area contributed by atoms with Crippen LogP contribution in [0, 0.1) is 0 Å². The van der Waals surface area contributed by atoms with E-state index in [4.69, 9.17) is 21.1 Å². The minimum atomic E-state index is -0.672. The van der Waals surface area contributed by atoms with Crippen molar-refractivity contribution in [3.8, 4) is 11.5 Å². The molecule has 0 heterocycles. The maximum absolute atomic E-state index is 5.89. The zero-order valence-electron chi connectivity index (χ0n) is 8.00. The Hall–Kier alpha value is -0.890. The monoisotopic (exact) mass is 200 g/mol. The number of alkyl halides is 1. The second-order valence-electron chi connectivity index (χ2n) is 3.14. The molecule has 0 saturated heterocycles. The smallest absolute Gasteiger partial charge is 0.176 e. The first-order chi connectivity index (χ1) is 6.01. The van der Waals surface area contributed by atoms with Crippen LogP contribution in [-0.4, -0.2) is 12.2 Å². The molecule has 0 aliphatic rings. The average molecular weight is 201 g/mol. The number of rotatable bonds is 3. The molecule has 72 valence electrons. The molecular formula is C10H13ClO2. The third-order valence-corrected chi connectivity index (χ3v) is 1.50. The molecule has 0 unspecified atom stereocenters. The van der Waals surface area contributed by atoms with Gasteiger partial charge in [-0.05, 0) is 38.1 Å². The lowest BCUT2D eigenvalue weighted by Gasteiger charge is -2.18. The van der Waals surface area contributed by atoms with Gasteiger partial charge in [0.05, 0.1) is 7.11 Å². The number of ether oxygens (including phenoxy) is 2. The average Bonchev–Trinajstić information content (AvgIpc) is 2.03. The summed E-state index contributed by atoms with van der Waals surface area (Å²) in [4.78, 5) is 0. The summed E-state index contributed by atoms with van der Waals surface area (Å²) in [7, 11) is 1.63. The minimum absolute atomic E-state index is 0.672. The molecular weight excluding hydrogens is 188 g/mol. The predicted octanol–water partition coefficient (Wildman–Crippen LogP) is 3.05. The highest BCUT2D eigenvalue weighted by Gasteiger charge is 2.14. The number of halogens is 1. The molecule has 0 N–H and O–H groups in total. The van der Waals surface area contributed by atoms with Gasteiger partial charge in [-0.2, -0.15) is 0 Å². The zero-order valence-corrected chi connectivity index (χ0v) is 8.76. The topological polar surface area (TPSA) is 18.5 Å². The molecule has 2 nitrogen and oxygen atoms in total. The Morgan fingerprint density at radius 3 is 1.92 bits per heavy atom. The van der Waals surface area contributed by atoms with E-state index < -0.39 is 5.06 Å². The van der Waals surface area contributed by atoms with Gasteiger partial charge in [0.15, 0.2) is 5.06 Å².